The number of carbonyl (C=O) groups excluding carboxylic acids is 2. The van der Waals surface area contributed by atoms with Gasteiger partial charge in [0, 0.05) is 40.7 Å². The highest BCUT2D eigenvalue weighted by Crippen LogP contribution is 2.41. The Hall–Kier alpha value is -2.52. The van der Waals surface area contributed by atoms with Gasteiger partial charge in [0.1, 0.15) is 11.7 Å². The van der Waals surface area contributed by atoms with Crippen molar-refractivity contribution >= 4 is 12.1 Å². The Morgan fingerprint density at radius 1 is 1.10 bits per heavy atom. The van der Waals surface area contributed by atoms with Crippen molar-refractivity contribution in [3.63, 3.8) is 0 Å². The molecule has 0 aromatic heterocycles. The summed E-state index contributed by atoms with van der Waals surface area (Å²) in [5, 5.41) is 3.47. The first kappa shape index (κ1) is 36.5. The van der Waals surface area contributed by atoms with Crippen LogP contribution in [0.2, 0.25) is 0 Å². The van der Waals surface area contributed by atoms with Crippen LogP contribution < -0.4 is 9.47 Å². The van der Waals surface area contributed by atoms with Crippen LogP contribution in [0, 0.1) is 11.8 Å². The van der Waals surface area contributed by atoms with Gasteiger partial charge in [0.25, 0.3) is 0 Å². The van der Waals surface area contributed by atoms with Gasteiger partial charge in [-0.05, 0) is 69.6 Å². The molecule has 0 saturated carbocycles. The van der Waals surface area contributed by atoms with E-state index in [1.54, 1.807) is 24.2 Å². The number of methoxy groups -OCH3 is 2. The molecule has 41 heavy (non-hydrogen) atoms. The Morgan fingerprint density at radius 2 is 1.76 bits per heavy atom. The standard InChI is InChI=1S/C29H48N2O7.C3H8/c1-20(2)23(14-12-22-13-16-26(32)37-22)27(31(30(6)7)28(33)38-29(3,4)5)21-11-15-24(35-9)25(19-21)36-18-10-17-34-8;1-3-2/h11,15,19-20,22-23,27H,10,12-14,16-18H2,1-9H3;3H2,1-2H3. The summed E-state index contributed by atoms with van der Waals surface area (Å²) in [6.07, 6.45) is 4.17. The average molecular weight is 581 g/mol. The summed E-state index contributed by atoms with van der Waals surface area (Å²) in [5.41, 5.74) is 0.255. The first-order valence-electron chi connectivity index (χ1n) is 15.0. The molecule has 1 saturated heterocycles. The topological polar surface area (TPSA) is 86.8 Å². The molecule has 3 unspecified atom stereocenters. The predicted molar refractivity (Wildman–Crippen MR) is 162 cm³/mol. The number of amides is 1. The zero-order chi connectivity index (χ0) is 31.2. The van der Waals surface area contributed by atoms with Crippen molar-refractivity contribution in [3.8, 4) is 11.5 Å². The van der Waals surface area contributed by atoms with Crippen LogP contribution in [0.25, 0.3) is 0 Å². The van der Waals surface area contributed by atoms with Gasteiger partial charge in [-0.2, -0.15) is 0 Å². The number of rotatable bonds is 14. The molecule has 236 valence electrons. The molecule has 1 aliphatic heterocycles. The zero-order valence-electron chi connectivity index (χ0n) is 27.5. The van der Waals surface area contributed by atoms with E-state index >= 15 is 0 Å². The van der Waals surface area contributed by atoms with Gasteiger partial charge in [0.2, 0.25) is 0 Å². The van der Waals surface area contributed by atoms with Gasteiger partial charge in [0.05, 0.1) is 19.8 Å². The number of benzene rings is 1. The zero-order valence-corrected chi connectivity index (χ0v) is 27.5. The summed E-state index contributed by atoms with van der Waals surface area (Å²) in [5.74, 6) is 1.36. The molecule has 0 N–H and O–H groups in total. The third kappa shape index (κ3) is 12.5. The lowest BCUT2D eigenvalue weighted by Crippen LogP contribution is -2.49. The highest BCUT2D eigenvalue weighted by Gasteiger charge is 2.39. The van der Waals surface area contributed by atoms with Gasteiger partial charge in [-0.3, -0.25) is 4.79 Å². The first-order valence-corrected chi connectivity index (χ1v) is 15.0. The predicted octanol–water partition coefficient (Wildman–Crippen LogP) is 7.04. The molecule has 1 fully saturated rings. The van der Waals surface area contributed by atoms with Crippen molar-refractivity contribution in [1.29, 1.82) is 0 Å². The molecule has 0 radical (unpaired) electrons. The number of nitrogens with zero attached hydrogens (tertiary/aromatic N) is 2. The Kier molecular flexibility index (Phi) is 16.1. The molecule has 1 amide bonds. The number of ether oxygens (including phenoxy) is 5. The largest absolute Gasteiger partial charge is 0.493 e. The average Bonchev–Trinajstić information content (AvgIpc) is 3.29. The molecule has 2 rings (SSSR count). The fraction of sp³-hybridized carbons (Fsp3) is 0.750. The van der Waals surface area contributed by atoms with E-state index < -0.39 is 11.7 Å². The monoisotopic (exact) mass is 580 g/mol. The lowest BCUT2D eigenvalue weighted by atomic mass is 9.80. The van der Waals surface area contributed by atoms with Crippen LogP contribution in [0.5, 0.6) is 11.5 Å². The molecule has 1 aromatic rings. The van der Waals surface area contributed by atoms with E-state index in [1.807, 2.05) is 53.1 Å². The maximum Gasteiger partial charge on any atom is 0.425 e. The molecule has 0 bridgehead atoms. The number of hydrazine groups is 1. The lowest BCUT2D eigenvalue weighted by Gasteiger charge is -2.42. The van der Waals surface area contributed by atoms with E-state index in [0.29, 0.717) is 31.1 Å². The lowest BCUT2D eigenvalue weighted by molar-refractivity contribution is -0.141. The molecule has 0 spiro atoms. The second kappa shape index (κ2) is 18.1. The van der Waals surface area contributed by atoms with E-state index in [2.05, 4.69) is 27.7 Å². The summed E-state index contributed by atoms with van der Waals surface area (Å²) in [6.45, 7) is 15.2. The second-order valence-electron chi connectivity index (χ2n) is 12.1. The van der Waals surface area contributed by atoms with Crippen molar-refractivity contribution in [3.05, 3.63) is 23.8 Å². The van der Waals surface area contributed by atoms with Crippen LogP contribution in [0.3, 0.4) is 0 Å². The van der Waals surface area contributed by atoms with Crippen LogP contribution in [0.4, 0.5) is 4.79 Å². The quantitative estimate of drug-likeness (QED) is 0.132. The van der Waals surface area contributed by atoms with Gasteiger partial charge >= 0.3 is 12.1 Å². The number of cyclic esters (lactones) is 1. The van der Waals surface area contributed by atoms with Crippen LogP contribution >= 0.6 is 0 Å². The maximum atomic E-state index is 13.6. The molecule has 9 heteroatoms. The molecule has 0 aliphatic carbocycles. The number of hydrogen-bond acceptors (Lipinski definition) is 8. The van der Waals surface area contributed by atoms with Gasteiger partial charge in [-0.15, -0.1) is 0 Å². The first-order chi connectivity index (χ1) is 19.3. The smallest absolute Gasteiger partial charge is 0.425 e. The fourth-order valence-electron chi connectivity index (χ4n) is 4.80. The Morgan fingerprint density at radius 3 is 2.24 bits per heavy atom. The van der Waals surface area contributed by atoms with Crippen LogP contribution in [-0.4, -0.2) is 75.3 Å². The SMILES string of the molecule is CCC.COCCCOc1cc(C(C(CCC2CCC(=O)O2)C(C)C)N(C(=O)OC(C)(C)C)N(C)C)ccc1OC. The van der Waals surface area contributed by atoms with Gasteiger partial charge < -0.3 is 23.7 Å². The Balaban J connectivity index is 0.00000268. The minimum Gasteiger partial charge on any atom is -0.493 e. The third-order valence-electron chi connectivity index (χ3n) is 6.61. The summed E-state index contributed by atoms with van der Waals surface area (Å²) in [6, 6.07) is 5.47. The second-order valence-corrected chi connectivity index (χ2v) is 12.1. The van der Waals surface area contributed by atoms with Crippen LogP contribution in [0.15, 0.2) is 18.2 Å². The van der Waals surface area contributed by atoms with Crippen LogP contribution in [-0.2, 0) is 19.0 Å². The van der Waals surface area contributed by atoms with E-state index in [9.17, 15) is 9.59 Å². The molecular weight excluding hydrogens is 524 g/mol. The van der Waals surface area contributed by atoms with Crippen molar-refractivity contribution in [1.82, 2.24) is 10.0 Å². The van der Waals surface area contributed by atoms with Gasteiger partial charge in [-0.25, -0.2) is 14.8 Å². The maximum absolute atomic E-state index is 13.6. The minimum atomic E-state index is -0.656. The fourth-order valence-corrected chi connectivity index (χ4v) is 4.80. The van der Waals surface area contributed by atoms with Gasteiger partial charge in [-0.1, -0.05) is 40.2 Å². The van der Waals surface area contributed by atoms with Crippen LogP contribution in [0.1, 0.15) is 98.6 Å². The van der Waals surface area contributed by atoms with Crippen molar-refractivity contribution in [2.45, 2.75) is 105 Å². The molecule has 1 aliphatic rings. The van der Waals surface area contributed by atoms with E-state index in [1.165, 1.54) is 6.42 Å². The van der Waals surface area contributed by atoms with Gasteiger partial charge in [0.15, 0.2) is 11.5 Å². The Labute approximate surface area is 248 Å². The van der Waals surface area contributed by atoms with Crippen molar-refractivity contribution < 1.29 is 33.3 Å². The Bertz CT molecular complexity index is 914. The molecule has 1 heterocycles. The molecular formula is C32H56N2O7. The molecule has 9 nitrogen and oxygen atoms in total. The van der Waals surface area contributed by atoms with E-state index in [-0.39, 0.29) is 30.0 Å². The highest BCUT2D eigenvalue weighted by atomic mass is 16.6. The summed E-state index contributed by atoms with van der Waals surface area (Å²) in [4.78, 5) is 25.3. The van der Waals surface area contributed by atoms with Crippen molar-refractivity contribution in [2.24, 2.45) is 11.8 Å². The van der Waals surface area contributed by atoms with E-state index in [0.717, 1.165) is 31.2 Å². The highest BCUT2D eigenvalue weighted by molar-refractivity contribution is 5.71. The number of carbonyl (C=O) groups is 2. The minimum absolute atomic E-state index is 0.0407. The summed E-state index contributed by atoms with van der Waals surface area (Å²) in [7, 11) is 6.97. The normalized spacial score (nSPS) is 16.5. The third-order valence-corrected chi connectivity index (χ3v) is 6.61. The van der Waals surface area contributed by atoms with E-state index in [4.69, 9.17) is 23.7 Å². The van der Waals surface area contributed by atoms with Crippen molar-refractivity contribution in [2.75, 3.05) is 41.5 Å². The number of esters is 1. The summed E-state index contributed by atoms with van der Waals surface area (Å²) < 4.78 is 28.2. The molecule has 3 atom stereocenters. The molecule has 1 aromatic carbocycles. The number of hydrogen-bond donors (Lipinski definition) is 0. The summed E-state index contributed by atoms with van der Waals surface area (Å²) >= 11 is 0.